The van der Waals surface area contributed by atoms with Gasteiger partial charge < -0.3 is 20.1 Å². The fourth-order valence-corrected chi connectivity index (χ4v) is 3.38. The first-order valence-electron chi connectivity index (χ1n) is 7.74. The molecule has 0 saturated carbocycles. The number of β-amino-alcohol motifs (C(OH)–C–C–N with tert-alkyl or cyclic N) is 1. The molecule has 2 aliphatic rings. The number of fused-ring (bicyclic) bond motifs is 1. The van der Waals surface area contributed by atoms with Crippen molar-refractivity contribution in [1.29, 1.82) is 0 Å². The Bertz CT molecular complexity index is 759. The molecule has 2 heterocycles. The Morgan fingerprint density at radius 1 is 1.26 bits per heavy atom. The van der Waals surface area contributed by atoms with E-state index in [1.807, 2.05) is 18.2 Å². The Balaban J connectivity index is 1.68. The lowest BCUT2D eigenvalue weighted by atomic mass is 9.98. The van der Waals surface area contributed by atoms with E-state index in [-0.39, 0.29) is 0 Å². The van der Waals surface area contributed by atoms with Gasteiger partial charge in [0.1, 0.15) is 5.60 Å². The van der Waals surface area contributed by atoms with Crippen LogP contribution < -0.4 is 10.2 Å². The van der Waals surface area contributed by atoms with Gasteiger partial charge in [0, 0.05) is 5.02 Å². The highest BCUT2D eigenvalue weighted by Crippen LogP contribution is 2.38. The van der Waals surface area contributed by atoms with Gasteiger partial charge in [-0.05, 0) is 47.9 Å². The molecule has 0 spiro atoms. The zero-order chi connectivity index (χ0) is 16.0. The number of hydrogen-bond donors (Lipinski definition) is 2. The van der Waals surface area contributed by atoms with Gasteiger partial charge in [-0.25, -0.2) is 0 Å². The first kappa shape index (κ1) is 14.8. The molecule has 1 fully saturated rings. The van der Waals surface area contributed by atoms with E-state index in [9.17, 15) is 5.11 Å². The van der Waals surface area contributed by atoms with Crippen LogP contribution in [-0.2, 0) is 4.74 Å². The topological polar surface area (TPSA) is 44.7 Å². The summed E-state index contributed by atoms with van der Waals surface area (Å²) in [6.45, 7) is 4.18. The zero-order valence-electron chi connectivity index (χ0n) is 13.0. The molecule has 0 unspecified atom stereocenters. The van der Waals surface area contributed by atoms with Crippen LogP contribution >= 0.6 is 11.6 Å². The van der Waals surface area contributed by atoms with Crippen LogP contribution in [0.1, 0.15) is 5.56 Å². The van der Waals surface area contributed by atoms with Gasteiger partial charge in [0.25, 0.3) is 0 Å². The van der Waals surface area contributed by atoms with E-state index in [4.69, 9.17) is 16.3 Å². The predicted molar refractivity (Wildman–Crippen MR) is 93.2 cm³/mol. The van der Waals surface area contributed by atoms with Crippen LogP contribution in [0.2, 0.25) is 5.02 Å². The van der Waals surface area contributed by atoms with Gasteiger partial charge in [0.05, 0.1) is 37.8 Å². The average molecular weight is 331 g/mol. The van der Waals surface area contributed by atoms with Gasteiger partial charge in [-0.15, -0.1) is 0 Å². The minimum absolute atomic E-state index is 0.409. The summed E-state index contributed by atoms with van der Waals surface area (Å²) in [6, 6.07) is 12.3. The van der Waals surface area contributed by atoms with Crippen LogP contribution in [-0.4, -0.2) is 37.1 Å². The predicted octanol–water partition coefficient (Wildman–Crippen LogP) is 3.27. The molecule has 2 N–H and O–H groups in total. The molecule has 0 aromatic heterocycles. The Labute approximate surface area is 140 Å². The van der Waals surface area contributed by atoms with Crippen molar-refractivity contribution in [2.45, 2.75) is 12.5 Å². The van der Waals surface area contributed by atoms with E-state index in [1.165, 1.54) is 5.56 Å². The minimum Gasteiger partial charge on any atom is -0.383 e. The summed E-state index contributed by atoms with van der Waals surface area (Å²) in [5.74, 6) is 0. The second-order valence-corrected chi connectivity index (χ2v) is 6.88. The van der Waals surface area contributed by atoms with E-state index in [2.05, 4.69) is 35.3 Å². The normalized spacial score (nSPS) is 18.3. The molecule has 4 nitrogen and oxygen atoms in total. The van der Waals surface area contributed by atoms with E-state index >= 15 is 0 Å². The van der Waals surface area contributed by atoms with Gasteiger partial charge in [0.2, 0.25) is 0 Å². The van der Waals surface area contributed by atoms with Gasteiger partial charge in [0.15, 0.2) is 0 Å². The molecule has 0 radical (unpaired) electrons. The lowest BCUT2D eigenvalue weighted by Gasteiger charge is -2.39. The number of aryl methyl sites for hydroxylation is 1. The van der Waals surface area contributed by atoms with Crippen LogP contribution in [0.25, 0.3) is 11.1 Å². The number of nitrogens with zero attached hydrogens (tertiary/aromatic N) is 1. The monoisotopic (exact) mass is 330 g/mol. The Morgan fingerprint density at radius 3 is 2.83 bits per heavy atom. The van der Waals surface area contributed by atoms with Crippen LogP contribution in [0.5, 0.6) is 0 Å². The fourth-order valence-electron chi connectivity index (χ4n) is 3.21. The van der Waals surface area contributed by atoms with E-state index in [0.717, 1.165) is 27.5 Å². The molecule has 5 heteroatoms. The first-order valence-corrected chi connectivity index (χ1v) is 8.11. The standard InChI is InChI=1S/C18H19ClN2O2/c1-12-2-4-14(19)7-15(12)13-3-5-16-17(6-13)21(11-20-16)8-18(22)9-23-10-18/h2-7,20,22H,8-11H2,1H3. The van der Waals surface area contributed by atoms with Crippen molar-refractivity contribution in [3.05, 3.63) is 47.0 Å². The zero-order valence-corrected chi connectivity index (χ0v) is 13.7. The number of anilines is 2. The number of halogens is 1. The second kappa shape index (κ2) is 5.41. The maximum atomic E-state index is 10.4. The number of nitrogens with one attached hydrogen (secondary N) is 1. The van der Waals surface area contributed by atoms with Gasteiger partial charge in [-0.3, -0.25) is 0 Å². The Kier molecular flexibility index (Phi) is 3.48. The van der Waals surface area contributed by atoms with Crippen LogP contribution in [0.4, 0.5) is 11.4 Å². The quantitative estimate of drug-likeness (QED) is 0.906. The maximum Gasteiger partial charge on any atom is 0.128 e. The lowest BCUT2D eigenvalue weighted by molar-refractivity contribution is -0.171. The van der Waals surface area contributed by atoms with Crippen molar-refractivity contribution >= 4 is 23.0 Å². The van der Waals surface area contributed by atoms with Crippen LogP contribution in [0, 0.1) is 6.92 Å². The lowest BCUT2D eigenvalue weighted by Crippen LogP contribution is -2.57. The molecule has 2 aliphatic heterocycles. The molecule has 4 rings (SSSR count). The summed E-state index contributed by atoms with van der Waals surface area (Å²) in [7, 11) is 0. The summed E-state index contributed by atoms with van der Waals surface area (Å²) in [4.78, 5) is 2.17. The van der Waals surface area contributed by atoms with Crippen molar-refractivity contribution in [2.75, 3.05) is 36.6 Å². The maximum absolute atomic E-state index is 10.4. The minimum atomic E-state index is -0.731. The van der Waals surface area contributed by atoms with Gasteiger partial charge in [-0.1, -0.05) is 23.7 Å². The molecule has 0 atom stereocenters. The highest BCUT2D eigenvalue weighted by atomic mass is 35.5. The fraction of sp³-hybridized carbons (Fsp3) is 0.333. The summed E-state index contributed by atoms with van der Waals surface area (Å²) in [6.07, 6.45) is 0. The summed E-state index contributed by atoms with van der Waals surface area (Å²) in [5.41, 5.74) is 4.94. The average Bonchev–Trinajstić information content (AvgIpc) is 2.90. The number of ether oxygens (including phenoxy) is 1. The van der Waals surface area contributed by atoms with Crippen LogP contribution in [0.3, 0.4) is 0 Å². The molecule has 2 aromatic carbocycles. The Morgan fingerprint density at radius 2 is 2.09 bits per heavy atom. The second-order valence-electron chi connectivity index (χ2n) is 6.44. The number of benzene rings is 2. The number of hydrogen-bond acceptors (Lipinski definition) is 4. The summed E-state index contributed by atoms with van der Waals surface area (Å²) >= 11 is 6.16. The van der Waals surface area contributed by atoms with Crippen LogP contribution in [0.15, 0.2) is 36.4 Å². The third-order valence-corrected chi connectivity index (χ3v) is 4.77. The van der Waals surface area contributed by atoms with Gasteiger partial charge >= 0.3 is 0 Å². The molecule has 0 aliphatic carbocycles. The van der Waals surface area contributed by atoms with Crippen molar-refractivity contribution in [3.63, 3.8) is 0 Å². The highest BCUT2D eigenvalue weighted by Gasteiger charge is 2.39. The number of aliphatic hydroxyl groups is 1. The van der Waals surface area contributed by atoms with Gasteiger partial charge in [-0.2, -0.15) is 0 Å². The third-order valence-electron chi connectivity index (χ3n) is 4.54. The summed E-state index contributed by atoms with van der Waals surface area (Å²) < 4.78 is 5.15. The van der Waals surface area contributed by atoms with Crippen molar-refractivity contribution < 1.29 is 9.84 Å². The van der Waals surface area contributed by atoms with E-state index < -0.39 is 5.60 Å². The molecule has 2 aromatic rings. The highest BCUT2D eigenvalue weighted by molar-refractivity contribution is 6.30. The SMILES string of the molecule is Cc1ccc(Cl)cc1-c1ccc2c(c1)N(CC1(O)COC1)CN2. The Hall–Kier alpha value is -1.75. The molecule has 0 bridgehead atoms. The number of rotatable bonds is 3. The molecular weight excluding hydrogens is 312 g/mol. The van der Waals surface area contributed by atoms with Crippen molar-refractivity contribution in [2.24, 2.45) is 0 Å². The van der Waals surface area contributed by atoms with Crippen molar-refractivity contribution in [1.82, 2.24) is 0 Å². The first-order chi connectivity index (χ1) is 11.0. The smallest absolute Gasteiger partial charge is 0.128 e. The van der Waals surface area contributed by atoms with Crippen molar-refractivity contribution in [3.8, 4) is 11.1 Å². The third kappa shape index (κ3) is 2.67. The largest absolute Gasteiger partial charge is 0.383 e. The molecular formula is C18H19ClN2O2. The summed E-state index contributed by atoms with van der Waals surface area (Å²) in [5, 5.41) is 14.5. The molecule has 1 saturated heterocycles. The molecule has 0 amide bonds. The molecule has 120 valence electrons. The molecule has 23 heavy (non-hydrogen) atoms. The van der Waals surface area contributed by atoms with E-state index in [1.54, 1.807) is 0 Å². The van der Waals surface area contributed by atoms with E-state index in [0.29, 0.717) is 26.4 Å².